The number of ether oxygens (including phenoxy) is 1. The molecule has 0 spiro atoms. The van der Waals surface area contributed by atoms with Crippen LogP contribution in [-0.2, 0) is 12.8 Å². The van der Waals surface area contributed by atoms with Crippen molar-refractivity contribution in [1.82, 2.24) is 0 Å². The molecule has 82 valence electrons. The van der Waals surface area contributed by atoms with Gasteiger partial charge in [-0.05, 0) is 55.8 Å². The Bertz CT molecular complexity index is 347. The maximum atomic E-state index is 5.78. The van der Waals surface area contributed by atoms with Gasteiger partial charge in [0, 0.05) is 0 Å². The first-order chi connectivity index (χ1) is 7.31. The van der Waals surface area contributed by atoms with Gasteiger partial charge >= 0.3 is 0 Å². The highest BCUT2D eigenvalue weighted by atomic mass is 16.5. The van der Waals surface area contributed by atoms with Crippen LogP contribution in [0.4, 0.5) is 0 Å². The average molecular weight is 205 g/mol. The van der Waals surface area contributed by atoms with E-state index in [0.29, 0.717) is 0 Å². The van der Waals surface area contributed by atoms with Crippen LogP contribution in [0.25, 0.3) is 0 Å². The van der Waals surface area contributed by atoms with Crippen molar-refractivity contribution in [3.8, 4) is 5.75 Å². The Balaban J connectivity index is 2.35. The molecule has 1 aliphatic rings. The third-order valence-corrected chi connectivity index (χ3v) is 2.93. The molecule has 2 rings (SSSR count). The van der Waals surface area contributed by atoms with Crippen LogP contribution in [0.1, 0.15) is 29.5 Å². The van der Waals surface area contributed by atoms with Crippen molar-refractivity contribution >= 4 is 0 Å². The molecule has 0 bridgehead atoms. The molecule has 1 heterocycles. The lowest BCUT2D eigenvalue weighted by Gasteiger charge is -2.12. The van der Waals surface area contributed by atoms with Crippen LogP contribution >= 0.6 is 0 Å². The second kappa shape index (κ2) is 4.67. The fraction of sp³-hybridized carbons (Fsp3) is 0.538. The summed E-state index contributed by atoms with van der Waals surface area (Å²) in [7, 11) is 0. The van der Waals surface area contributed by atoms with E-state index in [1.807, 2.05) is 0 Å². The number of hydrogen-bond donors (Lipinski definition) is 1. The summed E-state index contributed by atoms with van der Waals surface area (Å²) in [5.74, 6) is 1.12. The van der Waals surface area contributed by atoms with Crippen molar-refractivity contribution in [1.29, 1.82) is 0 Å². The number of rotatable bonds is 2. The zero-order chi connectivity index (χ0) is 10.7. The molecular formula is C13H19NO. The molecule has 1 aromatic rings. The summed E-state index contributed by atoms with van der Waals surface area (Å²) in [4.78, 5) is 0. The maximum absolute atomic E-state index is 5.78. The normalized spacial score (nSPS) is 15.3. The lowest BCUT2D eigenvalue weighted by atomic mass is 10.00. The highest BCUT2D eigenvalue weighted by molar-refractivity contribution is 5.44. The van der Waals surface area contributed by atoms with Crippen LogP contribution in [0.5, 0.6) is 5.75 Å². The average Bonchev–Trinajstić information content (AvgIpc) is 2.43. The smallest absolute Gasteiger partial charge is 0.125 e. The van der Waals surface area contributed by atoms with Gasteiger partial charge in [0.2, 0.25) is 0 Å². The molecule has 0 aliphatic carbocycles. The number of fused-ring (bicyclic) bond motifs is 1. The SMILES string of the molecule is Cc1cc(CCN)cc2c1OCCCC2. The van der Waals surface area contributed by atoms with Crippen LogP contribution < -0.4 is 10.5 Å². The zero-order valence-electron chi connectivity index (χ0n) is 9.38. The highest BCUT2D eigenvalue weighted by Gasteiger charge is 2.12. The molecule has 0 radical (unpaired) electrons. The molecule has 2 nitrogen and oxygen atoms in total. The Kier molecular flexibility index (Phi) is 3.27. The minimum Gasteiger partial charge on any atom is -0.493 e. The first-order valence-electron chi connectivity index (χ1n) is 5.76. The van der Waals surface area contributed by atoms with E-state index in [-0.39, 0.29) is 0 Å². The Labute approximate surface area is 91.4 Å². The van der Waals surface area contributed by atoms with Gasteiger partial charge in [-0.25, -0.2) is 0 Å². The predicted octanol–water partition coefficient (Wildman–Crippen LogP) is 2.21. The molecule has 2 heteroatoms. The minimum atomic E-state index is 0.721. The molecule has 2 N–H and O–H groups in total. The zero-order valence-corrected chi connectivity index (χ0v) is 9.38. The van der Waals surface area contributed by atoms with Crippen molar-refractivity contribution in [2.75, 3.05) is 13.2 Å². The van der Waals surface area contributed by atoms with Crippen LogP contribution in [0.3, 0.4) is 0 Å². The Morgan fingerprint density at radius 3 is 3.00 bits per heavy atom. The van der Waals surface area contributed by atoms with E-state index in [2.05, 4.69) is 19.1 Å². The topological polar surface area (TPSA) is 35.2 Å². The largest absolute Gasteiger partial charge is 0.493 e. The number of benzene rings is 1. The van der Waals surface area contributed by atoms with Crippen molar-refractivity contribution in [2.45, 2.75) is 32.6 Å². The summed E-state index contributed by atoms with van der Waals surface area (Å²) in [6.45, 7) is 3.72. The predicted molar refractivity (Wildman–Crippen MR) is 62.4 cm³/mol. The van der Waals surface area contributed by atoms with E-state index < -0.39 is 0 Å². The van der Waals surface area contributed by atoms with E-state index in [1.165, 1.54) is 29.5 Å². The van der Waals surface area contributed by atoms with E-state index in [4.69, 9.17) is 10.5 Å². The van der Waals surface area contributed by atoms with Crippen molar-refractivity contribution < 1.29 is 4.74 Å². The monoisotopic (exact) mass is 205 g/mol. The maximum Gasteiger partial charge on any atom is 0.125 e. The summed E-state index contributed by atoms with van der Waals surface area (Å²) >= 11 is 0. The van der Waals surface area contributed by atoms with Gasteiger partial charge in [-0.1, -0.05) is 12.1 Å². The Morgan fingerprint density at radius 1 is 1.33 bits per heavy atom. The van der Waals surface area contributed by atoms with Gasteiger partial charge in [0.15, 0.2) is 0 Å². The van der Waals surface area contributed by atoms with Gasteiger partial charge in [-0.3, -0.25) is 0 Å². The highest BCUT2D eigenvalue weighted by Crippen LogP contribution is 2.29. The fourth-order valence-electron chi connectivity index (χ4n) is 2.22. The molecule has 0 aromatic heterocycles. The molecular weight excluding hydrogens is 186 g/mol. The number of nitrogens with two attached hydrogens (primary N) is 1. The van der Waals surface area contributed by atoms with E-state index in [0.717, 1.165) is 31.7 Å². The summed E-state index contributed by atoms with van der Waals surface area (Å²) < 4.78 is 5.78. The van der Waals surface area contributed by atoms with Gasteiger partial charge in [-0.15, -0.1) is 0 Å². The molecule has 0 amide bonds. The first-order valence-corrected chi connectivity index (χ1v) is 5.76. The van der Waals surface area contributed by atoms with Gasteiger partial charge in [0.1, 0.15) is 5.75 Å². The summed E-state index contributed by atoms with van der Waals surface area (Å²) in [5, 5.41) is 0. The summed E-state index contributed by atoms with van der Waals surface area (Å²) in [6.07, 6.45) is 4.52. The second-order valence-electron chi connectivity index (χ2n) is 4.25. The molecule has 1 aliphatic heterocycles. The molecule has 0 unspecified atom stereocenters. The Morgan fingerprint density at radius 2 is 2.20 bits per heavy atom. The molecule has 15 heavy (non-hydrogen) atoms. The summed E-state index contributed by atoms with van der Waals surface area (Å²) in [5.41, 5.74) is 9.57. The number of hydrogen-bond acceptors (Lipinski definition) is 2. The van der Waals surface area contributed by atoms with Gasteiger partial charge in [0.05, 0.1) is 6.61 Å². The second-order valence-corrected chi connectivity index (χ2v) is 4.25. The molecule has 1 aromatic carbocycles. The fourth-order valence-corrected chi connectivity index (χ4v) is 2.22. The molecule has 0 atom stereocenters. The van der Waals surface area contributed by atoms with Gasteiger partial charge < -0.3 is 10.5 Å². The van der Waals surface area contributed by atoms with E-state index in [1.54, 1.807) is 0 Å². The van der Waals surface area contributed by atoms with Gasteiger partial charge in [0.25, 0.3) is 0 Å². The molecule has 0 saturated heterocycles. The lowest BCUT2D eigenvalue weighted by molar-refractivity contribution is 0.315. The quantitative estimate of drug-likeness (QED) is 0.803. The third-order valence-electron chi connectivity index (χ3n) is 2.93. The first kappa shape index (κ1) is 10.5. The Hall–Kier alpha value is -1.02. The van der Waals surface area contributed by atoms with Crippen LogP contribution in [-0.4, -0.2) is 13.2 Å². The van der Waals surface area contributed by atoms with Gasteiger partial charge in [-0.2, -0.15) is 0 Å². The number of aryl methyl sites for hydroxylation is 2. The van der Waals surface area contributed by atoms with Crippen LogP contribution in [0.2, 0.25) is 0 Å². The minimum absolute atomic E-state index is 0.721. The van der Waals surface area contributed by atoms with Crippen LogP contribution in [0, 0.1) is 6.92 Å². The summed E-state index contributed by atoms with van der Waals surface area (Å²) in [6, 6.07) is 4.47. The van der Waals surface area contributed by atoms with Crippen molar-refractivity contribution in [3.63, 3.8) is 0 Å². The molecule has 0 saturated carbocycles. The van der Waals surface area contributed by atoms with Crippen molar-refractivity contribution in [2.24, 2.45) is 5.73 Å². The lowest BCUT2D eigenvalue weighted by Crippen LogP contribution is -2.04. The van der Waals surface area contributed by atoms with Crippen molar-refractivity contribution in [3.05, 3.63) is 28.8 Å². The van der Waals surface area contributed by atoms with E-state index >= 15 is 0 Å². The third kappa shape index (κ3) is 2.32. The van der Waals surface area contributed by atoms with Crippen LogP contribution in [0.15, 0.2) is 12.1 Å². The molecule has 0 fully saturated rings. The van der Waals surface area contributed by atoms with E-state index in [9.17, 15) is 0 Å². The standard InChI is InChI=1S/C13H19NO/c1-10-8-11(5-6-14)9-12-4-2-3-7-15-13(10)12/h8-9H,2-7,14H2,1H3.